The summed E-state index contributed by atoms with van der Waals surface area (Å²) >= 11 is 0. The van der Waals surface area contributed by atoms with Crippen molar-refractivity contribution in [3.05, 3.63) is 35.9 Å². The highest BCUT2D eigenvalue weighted by atomic mass is 15.4. The molecule has 1 aromatic rings. The van der Waals surface area contributed by atoms with E-state index < -0.39 is 0 Å². The number of benzene rings is 1. The summed E-state index contributed by atoms with van der Waals surface area (Å²) in [6, 6.07) is 10.8. The van der Waals surface area contributed by atoms with Gasteiger partial charge in [0.05, 0.1) is 17.8 Å². The molecule has 4 fully saturated rings. The molecule has 0 spiro atoms. The zero-order chi connectivity index (χ0) is 12.2. The van der Waals surface area contributed by atoms with Crippen molar-refractivity contribution < 1.29 is 0 Å². The fraction of sp³-hybridized carbons (Fsp3) is 0.500. The molecule has 0 aliphatic carbocycles. The second-order valence-electron chi connectivity index (χ2n) is 5.82. The molecule has 4 heterocycles. The van der Waals surface area contributed by atoms with Gasteiger partial charge in [0.2, 0.25) is 0 Å². The quantitative estimate of drug-likeness (QED) is 0.575. The summed E-state index contributed by atoms with van der Waals surface area (Å²) in [5.74, 6) is 6.25. The normalized spacial score (nSPS) is 43.6. The highest BCUT2D eigenvalue weighted by Crippen LogP contribution is 2.42. The molecule has 4 aliphatic heterocycles. The van der Waals surface area contributed by atoms with Crippen LogP contribution < -0.4 is 5.84 Å². The minimum atomic E-state index is 0.0371. The van der Waals surface area contributed by atoms with Gasteiger partial charge in [-0.3, -0.25) is 9.80 Å². The van der Waals surface area contributed by atoms with Crippen LogP contribution in [0.5, 0.6) is 0 Å². The van der Waals surface area contributed by atoms with E-state index in [-0.39, 0.29) is 5.41 Å². The maximum absolute atomic E-state index is 5.73. The second kappa shape index (κ2) is 3.56. The van der Waals surface area contributed by atoms with Gasteiger partial charge < -0.3 is 5.84 Å². The third-order valence-electron chi connectivity index (χ3n) is 4.69. The summed E-state index contributed by atoms with van der Waals surface area (Å²) < 4.78 is 0. The number of piperidine rings is 2. The number of hydrazone groups is 1. The molecule has 0 amide bonds. The number of nitrogens with zero attached hydrogens (tertiary/aromatic N) is 3. The highest BCUT2D eigenvalue weighted by molar-refractivity contribution is 5.99. The van der Waals surface area contributed by atoms with E-state index in [4.69, 9.17) is 5.84 Å². The predicted octanol–water partition coefficient (Wildman–Crippen LogP) is 0.458. The molecule has 0 saturated carbocycles. The molecule has 5 rings (SSSR count). The van der Waals surface area contributed by atoms with Crippen LogP contribution in [0.2, 0.25) is 0 Å². The number of hydrogen-bond acceptors (Lipinski definition) is 4. The maximum atomic E-state index is 5.73. The summed E-state index contributed by atoms with van der Waals surface area (Å²) in [5, 5.41) is 4.20. The van der Waals surface area contributed by atoms with Crippen molar-refractivity contribution in [1.82, 2.24) is 9.80 Å². The van der Waals surface area contributed by atoms with E-state index in [1.807, 2.05) is 0 Å². The van der Waals surface area contributed by atoms with Gasteiger partial charge in [0.1, 0.15) is 0 Å². The Bertz CT molecular complexity index is 482. The Kier molecular flexibility index (Phi) is 2.08. The van der Waals surface area contributed by atoms with Crippen LogP contribution in [-0.4, -0.2) is 48.4 Å². The molecule has 2 unspecified atom stereocenters. The van der Waals surface area contributed by atoms with Gasteiger partial charge in [0.25, 0.3) is 0 Å². The van der Waals surface area contributed by atoms with Crippen LogP contribution in [0.15, 0.2) is 35.4 Å². The average molecular weight is 242 g/mol. The van der Waals surface area contributed by atoms with Crippen molar-refractivity contribution >= 4 is 5.71 Å². The molecule has 4 saturated heterocycles. The summed E-state index contributed by atoms with van der Waals surface area (Å²) in [5.41, 5.74) is 2.63. The fourth-order valence-electron chi connectivity index (χ4n) is 4.16. The van der Waals surface area contributed by atoms with Gasteiger partial charge in [0, 0.05) is 32.1 Å². The second-order valence-corrected chi connectivity index (χ2v) is 5.82. The molecular formula is C14H18N4. The molecule has 4 nitrogen and oxygen atoms in total. The predicted molar refractivity (Wildman–Crippen MR) is 71.2 cm³/mol. The van der Waals surface area contributed by atoms with Crippen LogP contribution in [0.4, 0.5) is 0 Å². The van der Waals surface area contributed by atoms with Crippen LogP contribution in [0.1, 0.15) is 5.56 Å². The lowest BCUT2D eigenvalue weighted by Crippen LogP contribution is -2.73. The van der Waals surface area contributed by atoms with Gasteiger partial charge in [-0.25, -0.2) is 0 Å². The first-order valence-corrected chi connectivity index (χ1v) is 6.60. The molecule has 0 aromatic heterocycles. The summed E-state index contributed by atoms with van der Waals surface area (Å²) in [6.07, 6.45) is 0. The van der Waals surface area contributed by atoms with Gasteiger partial charge in [-0.15, -0.1) is 0 Å². The van der Waals surface area contributed by atoms with E-state index in [2.05, 4.69) is 45.2 Å². The third-order valence-corrected chi connectivity index (χ3v) is 4.69. The van der Waals surface area contributed by atoms with Gasteiger partial charge >= 0.3 is 0 Å². The molecule has 2 N–H and O–H groups in total. The summed E-state index contributed by atoms with van der Waals surface area (Å²) in [6.45, 7) is 5.51. The molecule has 0 radical (unpaired) electrons. The number of hydrogen-bond donors (Lipinski definition) is 1. The largest absolute Gasteiger partial charge is 0.323 e. The van der Waals surface area contributed by atoms with Crippen molar-refractivity contribution in [2.75, 3.05) is 32.8 Å². The van der Waals surface area contributed by atoms with Crippen LogP contribution >= 0.6 is 0 Å². The molecule has 1 aromatic carbocycles. The van der Waals surface area contributed by atoms with E-state index in [1.54, 1.807) is 0 Å². The minimum absolute atomic E-state index is 0.0371. The van der Waals surface area contributed by atoms with Crippen molar-refractivity contribution in [3.8, 4) is 0 Å². The maximum Gasteiger partial charge on any atom is 0.0611 e. The van der Waals surface area contributed by atoms with Crippen LogP contribution in [0.3, 0.4) is 0 Å². The lowest BCUT2D eigenvalue weighted by molar-refractivity contribution is -0.0230. The molecule has 18 heavy (non-hydrogen) atoms. The third kappa shape index (κ3) is 1.25. The molecule has 4 bridgehead atoms. The summed E-state index contributed by atoms with van der Waals surface area (Å²) in [4.78, 5) is 5.08. The van der Waals surface area contributed by atoms with Crippen molar-refractivity contribution in [1.29, 1.82) is 0 Å². The number of nitrogens with two attached hydrogens (primary N) is 1. The van der Waals surface area contributed by atoms with Gasteiger partial charge in [-0.1, -0.05) is 30.3 Å². The van der Waals surface area contributed by atoms with E-state index >= 15 is 0 Å². The van der Waals surface area contributed by atoms with Gasteiger partial charge in [0.15, 0.2) is 0 Å². The molecule has 94 valence electrons. The van der Waals surface area contributed by atoms with E-state index in [9.17, 15) is 0 Å². The lowest BCUT2D eigenvalue weighted by Gasteiger charge is -2.59. The zero-order valence-corrected chi connectivity index (χ0v) is 10.4. The van der Waals surface area contributed by atoms with Crippen LogP contribution in [0.25, 0.3) is 0 Å². The first-order chi connectivity index (χ1) is 8.82. The zero-order valence-electron chi connectivity index (χ0n) is 10.4. The Balaban J connectivity index is 1.87. The van der Waals surface area contributed by atoms with Crippen LogP contribution in [-0.2, 0) is 5.41 Å². The minimum Gasteiger partial charge on any atom is -0.323 e. The Morgan fingerprint density at radius 3 is 2.39 bits per heavy atom. The fourth-order valence-corrected chi connectivity index (χ4v) is 4.16. The molecule has 2 atom stereocenters. The molecule has 4 aliphatic rings. The van der Waals surface area contributed by atoms with Crippen molar-refractivity contribution in [2.45, 2.75) is 5.41 Å². The Morgan fingerprint density at radius 1 is 1.11 bits per heavy atom. The smallest absolute Gasteiger partial charge is 0.0611 e. The topological polar surface area (TPSA) is 44.9 Å². The molecule has 4 heteroatoms. The van der Waals surface area contributed by atoms with E-state index in [1.165, 1.54) is 11.3 Å². The van der Waals surface area contributed by atoms with Gasteiger partial charge in [-0.05, 0) is 5.56 Å². The van der Waals surface area contributed by atoms with Crippen molar-refractivity contribution in [2.24, 2.45) is 16.9 Å². The monoisotopic (exact) mass is 242 g/mol. The first kappa shape index (κ1) is 10.5. The van der Waals surface area contributed by atoms with Gasteiger partial charge in [-0.2, -0.15) is 5.10 Å². The first-order valence-electron chi connectivity index (χ1n) is 6.60. The van der Waals surface area contributed by atoms with E-state index in [0.29, 0.717) is 5.92 Å². The molecular weight excluding hydrogens is 224 g/mol. The summed E-state index contributed by atoms with van der Waals surface area (Å²) in [7, 11) is 0. The standard InChI is InChI=1S/C14H18N4/c15-16-13-11-6-17-8-14(13,9-18(7-11)10-17)12-4-2-1-3-5-12/h1-5,11H,6-10,15H2. The SMILES string of the molecule is NN=C1C2CN3CN(C2)CC1(c1ccccc1)C3. The van der Waals surface area contributed by atoms with Crippen molar-refractivity contribution in [3.63, 3.8) is 0 Å². The Morgan fingerprint density at radius 2 is 1.78 bits per heavy atom. The highest BCUT2D eigenvalue weighted by Gasteiger charge is 2.54. The number of rotatable bonds is 1. The Hall–Kier alpha value is -1.39. The Labute approximate surface area is 107 Å². The lowest BCUT2D eigenvalue weighted by atomic mass is 9.65. The van der Waals surface area contributed by atoms with E-state index in [0.717, 1.165) is 32.8 Å². The average Bonchev–Trinajstić information content (AvgIpc) is 2.39. The van der Waals surface area contributed by atoms with Crippen LogP contribution in [0, 0.1) is 5.92 Å².